The van der Waals surface area contributed by atoms with Crippen LogP contribution in [0.4, 0.5) is 0 Å². The molecule has 23 heavy (non-hydrogen) atoms. The molecule has 0 N–H and O–H groups in total. The standard InChI is InChI=1S/C17H16N2O4/c1-2-9-18-10-7-12(8-11-18)17(22)23-19-15(20)13-5-3-4-6-14(13)16(19)21/h1,3-6,12H,7-11H2. The molecule has 3 rings (SSSR count). The first kappa shape index (κ1) is 15.3. The lowest BCUT2D eigenvalue weighted by Gasteiger charge is -2.29. The molecule has 1 fully saturated rings. The number of hydrogen-bond acceptors (Lipinski definition) is 5. The zero-order valence-corrected chi connectivity index (χ0v) is 12.5. The average molecular weight is 312 g/mol. The topological polar surface area (TPSA) is 66.9 Å². The normalized spacial score (nSPS) is 18.7. The van der Waals surface area contributed by atoms with Crippen molar-refractivity contribution in [1.29, 1.82) is 0 Å². The van der Waals surface area contributed by atoms with Gasteiger partial charge < -0.3 is 4.84 Å². The largest absolute Gasteiger partial charge is 0.336 e. The molecule has 6 heteroatoms. The maximum atomic E-state index is 12.2. The minimum absolute atomic E-state index is 0.258. The van der Waals surface area contributed by atoms with Crippen molar-refractivity contribution in [2.24, 2.45) is 5.92 Å². The molecule has 2 heterocycles. The second-order valence-corrected chi connectivity index (χ2v) is 5.62. The number of piperidine rings is 1. The molecule has 1 aromatic rings. The van der Waals surface area contributed by atoms with Crippen LogP contribution >= 0.6 is 0 Å². The second kappa shape index (κ2) is 6.23. The van der Waals surface area contributed by atoms with E-state index in [9.17, 15) is 14.4 Å². The molecular weight excluding hydrogens is 296 g/mol. The first-order chi connectivity index (χ1) is 11.1. The van der Waals surface area contributed by atoms with E-state index in [-0.39, 0.29) is 17.0 Å². The lowest BCUT2D eigenvalue weighted by Crippen LogP contribution is -2.40. The van der Waals surface area contributed by atoms with E-state index in [2.05, 4.69) is 10.8 Å². The molecule has 118 valence electrons. The van der Waals surface area contributed by atoms with Gasteiger partial charge in [-0.05, 0) is 38.1 Å². The van der Waals surface area contributed by atoms with Gasteiger partial charge in [0, 0.05) is 0 Å². The highest BCUT2D eigenvalue weighted by Gasteiger charge is 2.40. The zero-order valence-electron chi connectivity index (χ0n) is 12.5. The van der Waals surface area contributed by atoms with Gasteiger partial charge in [-0.25, -0.2) is 4.79 Å². The van der Waals surface area contributed by atoms with Crippen LogP contribution in [0.25, 0.3) is 0 Å². The van der Waals surface area contributed by atoms with E-state index in [0.29, 0.717) is 37.5 Å². The van der Waals surface area contributed by atoms with Crippen molar-refractivity contribution >= 4 is 17.8 Å². The number of nitrogens with zero attached hydrogens (tertiary/aromatic N) is 2. The smallest absolute Gasteiger partial charge is 0.329 e. The Labute approximate surface area is 134 Å². The van der Waals surface area contributed by atoms with Crippen LogP contribution in [0.5, 0.6) is 0 Å². The molecule has 6 nitrogen and oxygen atoms in total. The van der Waals surface area contributed by atoms with Crippen molar-refractivity contribution in [3.05, 3.63) is 35.4 Å². The number of rotatable bonds is 3. The Hall–Kier alpha value is -2.65. The quantitative estimate of drug-likeness (QED) is 0.617. The van der Waals surface area contributed by atoms with E-state index in [4.69, 9.17) is 11.3 Å². The molecule has 2 aliphatic heterocycles. The molecule has 0 aromatic heterocycles. The van der Waals surface area contributed by atoms with Crippen molar-refractivity contribution in [3.8, 4) is 12.3 Å². The summed E-state index contributed by atoms with van der Waals surface area (Å²) in [5, 5.41) is 0.570. The zero-order chi connectivity index (χ0) is 16.4. The molecule has 0 atom stereocenters. The van der Waals surface area contributed by atoms with Crippen LogP contribution in [0, 0.1) is 18.3 Å². The molecule has 0 spiro atoms. The fourth-order valence-electron chi connectivity index (χ4n) is 2.87. The fraction of sp³-hybridized carbons (Fsp3) is 0.353. The number of carbonyl (C=O) groups excluding carboxylic acids is 3. The highest BCUT2D eigenvalue weighted by atomic mass is 16.7. The summed E-state index contributed by atoms with van der Waals surface area (Å²) in [4.78, 5) is 43.7. The van der Waals surface area contributed by atoms with Crippen LogP contribution in [0.15, 0.2) is 24.3 Å². The summed E-state index contributed by atoms with van der Waals surface area (Å²) in [5.74, 6) is 0.519. The van der Waals surface area contributed by atoms with E-state index in [1.807, 2.05) is 0 Å². The van der Waals surface area contributed by atoms with Crippen molar-refractivity contribution in [3.63, 3.8) is 0 Å². The number of benzene rings is 1. The third kappa shape index (κ3) is 2.83. The molecule has 1 saturated heterocycles. The molecule has 0 aliphatic carbocycles. The Kier molecular flexibility index (Phi) is 4.13. The van der Waals surface area contributed by atoms with E-state index in [1.165, 1.54) is 0 Å². The molecule has 0 bridgehead atoms. The molecular formula is C17H16N2O4. The average Bonchev–Trinajstić information content (AvgIpc) is 2.81. The van der Waals surface area contributed by atoms with Gasteiger partial charge in [-0.2, -0.15) is 0 Å². The summed E-state index contributed by atoms with van der Waals surface area (Å²) < 4.78 is 0. The van der Waals surface area contributed by atoms with E-state index in [1.54, 1.807) is 24.3 Å². The van der Waals surface area contributed by atoms with Crippen LogP contribution in [0.1, 0.15) is 33.6 Å². The number of hydroxylamine groups is 2. The number of amides is 2. The van der Waals surface area contributed by atoms with Gasteiger partial charge in [0.1, 0.15) is 0 Å². The van der Waals surface area contributed by atoms with Crippen LogP contribution in [0.2, 0.25) is 0 Å². The first-order valence-corrected chi connectivity index (χ1v) is 7.47. The summed E-state index contributed by atoms with van der Waals surface area (Å²) >= 11 is 0. The number of carbonyl (C=O) groups is 3. The third-order valence-corrected chi connectivity index (χ3v) is 4.17. The van der Waals surface area contributed by atoms with Gasteiger partial charge in [-0.1, -0.05) is 23.1 Å². The highest BCUT2D eigenvalue weighted by Crippen LogP contribution is 2.25. The minimum atomic E-state index is -0.594. The predicted octanol–water partition coefficient (Wildman–Crippen LogP) is 1.09. The Bertz CT molecular complexity index is 664. The van der Waals surface area contributed by atoms with Gasteiger partial charge in [0.25, 0.3) is 11.8 Å². The molecule has 0 saturated carbocycles. The lowest BCUT2D eigenvalue weighted by atomic mass is 9.97. The van der Waals surface area contributed by atoms with Gasteiger partial charge in [0.2, 0.25) is 0 Å². The van der Waals surface area contributed by atoms with Gasteiger partial charge in [0.05, 0.1) is 23.6 Å². The number of likely N-dealkylation sites (tertiary alicyclic amines) is 1. The fourth-order valence-corrected chi connectivity index (χ4v) is 2.87. The third-order valence-electron chi connectivity index (χ3n) is 4.17. The molecule has 2 aliphatic rings. The van der Waals surface area contributed by atoms with Gasteiger partial charge >= 0.3 is 5.97 Å². The second-order valence-electron chi connectivity index (χ2n) is 5.62. The Balaban J connectivity index is 1.63. The summed E-state index contributed by atoms with van der Waals surface area (Å²) in [5.41, 5.74) is 0.517. The van der Waals surface area contributed by atoms with E-state index >= 15 is 0 Å². The maximum Gasteiger partial charge on any atom is 0.336 e. The number of terminal acetylenes is 1. The van der Waals surface area contributed by atoms with Crippen LogP contribution in [0.3, 0.4) is 0 Å². The first-order valence-electron chi connectivity index (χ1n) is 7.47. The summed E-state index contributed by atoms with van der Waals surface area (Å²) in [7, 11) is 0. The Morgan fingerprint density at radius 2 is 1.74 bits per heavy atom. The van der Waals surface area contributed by atoms with Crippen molar-refractivity contribution in [2.75, 3.05) is 19.6 Å². The molecule has 2 amide bonds. The van der Waals surface area contributed by atoms with Crippen LogP contribution in [-0.2, 0) is 9.63 Å². The molecule has 0 radical (unpaired) electrons. The van der Waals surface area contributed by atoms with Crippen molar-refractivity contribution < 1.29 is 19.2 Å². The predicted molar refractivity (Wildman–Crippen MR) is 81.0 cm³/mol. The number of imide groups is 1. The van der Waals surface area contributed by atoms with E-state index in [0.717, 1.165) is 0 Å². The molecule has 1 aromatic carbocycles. The van der Waals surface area contributed by atoms with Crippen LogP contribution in [-0.4, -0.2) is 47.4 Å². The maximum absolute atomic E-state index is 12.2. The Morgan fingerprint density at radius 1 is 1.17 bits per heavy atom. The summed E-state index contributed by atoms with van der Waals surface area (Å²) in [6.45, 7) is 1.96. The van der Waals surface area contributed by atoms with Gasteiger partial charge in [0.15, 0.2) is 0 Å². The SMILES string of the molecule is C#CCN1CCC(C(=O)ON2C(=O)c3ccccc3C2=O)CC1. The minimum Gasteiger partial charge on any atom is -0.329 e. The number of hydrogen-bond donors (Lipinski definition) is 0. The monoisotopic (exact) mass is 312 g/mol. The van der Waals surface area contributed by atoms with Gasteiger partial charge in [-0.3, -0.25) is 14.5 Å². The molecule has 0 unspecified atom stereocenters. The Morgan fingerprint density at radius 3 is 2.26 bits per heavy atom. The van der Waals surface area contributed by atoms with E-state index < -0.39 is 17.8 Å². The lowest BCUT2D eigenvalue weighted by molar-refractivity contribution is -0.175. The highest BCUT2D eigenvalue weighted by molar-refractivity contribution is 6.20. The van der Waals surface area contributed by atoms with Crippen LogP contribution < -0.4 is 0 Å². The van der Waals surface area contributed by atoms with Crippen molar-refractivity contribution in [2.45, 2.75) is 12.8 Å². The summed E-state index contributed by atoms with van der Waals surface area (Å²) in [6, 6.07) is 6.41. The van der Waals surface area contributed by atoms with Gasteiger partial charge in [-0.15, -0.1) is 6.42 Å². The number of fused-ring (bicyclic) bond motifs is 1. The summed E-state index contributed by atoms with van der Waals surface area (Å²) in [6.07, 6.45) is 6.47. The van der Waals surface area contributed by atoms with Crippen molar-refractivity contribution in [1.82, 2.24) is 9.96 Å².